The van der Waals surface area contributed by atoms with E-state index >= 15 is 0 Å². The quantitative estimate of drug-likeness (QED) is 0.633. The van der Waals surface area contributed by atoms with Crippen LogP contribution in [0.3, 0.4) is 0 Å². The highest BCUT2D eigenvalue weighted by molar-refractivity contribution is 5.90. The maximum Gasteiger partial charge on any atom is 0.159 e. The zero-order valence-corrected chi connectivity index (χ0v) is 16.1. The first-order chi connectivity index (χ1) is 13.7. The molecule has 5 rings (SSSR count). The van der Waals surface area contributed by atoms with Gasteiger partial charge in [-0.05, 0) is 50.8 Å². The van der Waals surface area contributed by atoms with E-state index in [0.29, 0.717) is 24.5 Å². The highest BCUT2D eigenvalue weighted by Gasteiger charge is 2.40. The minimum atomic E-state index is 0.453. The third-order valence-electron chi connectivity index (χ3n) is 6.19. The SMILES string of the molecule is Cc1cc(-c2nc3c(NC4C[C@H]5CC[C@@H](C4)N5CCC#N)cccc3[nH]2)n[nH]1. The van der Waals surface area contributed by atoms with Crippen molar-refractivity contribution >= 4 is 16.7 Å². The van der Waals surface area contributed by atoms with Crippen LogP contribution in [0.4, 0.5) is 5.69 Å². The summed E-state index contributed by atoms with van der Waals surface area (Å²) in [6, 6.07) is 12.2. The predicted octanol–water partition coefficient (Wildman–Crippen LogP) is 3.58. The van der Waals surface area contributed by atoms with Crippen molar-refractivity contribution in [3.8, 4) is 17.6 Å². The molecule has 2 aromatic heterocycles. The van der Waals surface area contributed by atoms with E-state index in [2.05, 4.69) is 49.7 Å². The zero-order chi connectivity index (χ0) is 19.1. The van der Waals surface area contributed by atoms with Gasteiger partial charge >= 0.3 is 0 Å². The minimum Gasteiger partial charge on any atom is -0.380 e. The van der Waals surface area contributed by atoms with Crippen LogP contribution < -0.4 is 5.32 Å². The number of nitrogens with zero attached hydrogens (tertiary/aromatic N) is 4. The van der Waals surface area contributed by atoms with Gasteiger partial charge in [0.25, 0.3) is 0 Å². The van der Waals surface area contributed by atoms with E-state index in [0.717, 1.165) is 53.3 Å². The molecule has 2 saturated heterocycles. The summed E-state index contributed by atoms with van der Waals surface area (Å²) in [5.41, 5.74) is 4.94. The van der Waals surface area contributed by atoms with E-state index in [9.17, 15) is 0 Å². The molecule has 3 N–H and O–H groups in total. The average Bonchev–Trinajstić information content (AvgIpc) is 3.37. The van der Waals surface area contributed by atoms with Crippen LogP contribution in [-0.4, -0.2) is 49.7 Å². The third-order valence-corrected chi connectivity index (χ3v) is 6.19. The molecular weight excluding hydrogens is 350 g/mol. The number of rotatable bonds is 5. The summed E-state index contributed by atoms with van der Waals surface area (Å²) >= 11 is 0. The highest BCUT2D eigenvalue weighted by atomic mass is 15.2. The van der Waals surface area contributed by atoms with Gasteiger partial charge in [0.05, 0.1) is 17.3 Å². The fourth-order valence-corrected chi connectivity index (χ4v) is 4.97. The van der Waals surface area contributed by atoms with Crippen molar-refractivity contribution in [1.82, 2.24) is 25.1 Å². The molecule has 7 nitrogen and oxygen atoms in total. The van der Waals surface area contributed by atoms with Crippen LogP contribution in [0.15, 0.2) is 24.3 Å². The normalized spacial score (nSPS) is 24.5. The lowest BCUT2D eigenvalue weighted by atomic mass is 9.96. The van der Waals surface area contributed by atoms with E-state index < -0.39 is 0 Å². The van der Waals surface area contributed by atoms with E-state index in [1.165, 1.54) is 12.8 Å². The first-order valence-electron chi connectivity index (χ1n) is 10.1. The molecule has 3 atom stereocenters. The largest absolute Gasteiger partial charge is 0.380 e. The number of anilines is 1. The summed E-state index contributed by atoms with van der Waals surface area (Å²) in [6.45, 7) is 2.91. The smallest absolute Gasteiger partial charge is 0.159 e. The second kappa shape index (κ2) is 6.95. The summed E-state index contributed by atoms with van der Waals surface area (Å²) in [5, 5.41) is 20.0. The number of nitrogens with one attached hydrogen (secondary N) is 3. The molecule has 3 aromatic rings. The number of nitriles is 1. The number of aryl methyl sites for hydroxylation is 1. The summed E-state index contributed by atoms with van der Waals surface area (Å²) < 4.78 is 0. The molecule has 1 unspecified atom stereocenters. The summed E-state index contributed by atoms with van der Waals surface area (Å²) in [7, 11) is 0. The van der Waals surface area contributed by atoms with Crippen LogP contribution >= 0.6 is 0 Å². The zero-order valence-electron chi connectivity index (χ0n) is 16.1. The molecule has 4 heterocycles. The number of imidazole rings is 1. The van der Waals surface area contributed by atoms with Gasteiger partial charge in [0.15, 0.2) is 5.82 Å². The van der Waals surface area contributed by atoms with E-state index in [-0.39, 0.29) is 0 Å². The Bertz CT molecular complexity index is 1010. The van der Waals surface area contributed by atoms with Gasteiger partial charge in [-0.2, -0.15) is 10.4 Å². The lowest BCUT2D eigenvalue weighted by Gasteiger charge is -2.39. The van der Waals surface area contributed by atoms with Gasteiger partial charge in [-0.25, -0.2) is 4.98 Å². The fraction of sp³-hybridized carbons (Fsp3) is 0.476. The molecule has 0 saturated carbocycles. The molecule has 0 amide bonds. The Morgan fingerprint density at radius 1 is 1.29 bits per heavy atom. The number of hydrogen-bond donors (Lipinski definition) is 3. The molecule has 1 aromatic carbocycles. The van der Waals surface area contributed by atoms with Crippen LogP contribution in [0.25, 0.3) is 22.6 Å². The maximum absolute atomic E-state index is 8.92. The average molecular weight is 375 g/mol. The number of para-hydroxylation sites is 1. The molecule has 28 heavy (non-hydrogen) atoms. The molecule has 7 heteroatoms. The number of fused-ring (bicyclic) bond motifs is 3. The number of hydrogen-bond acceptors (Lipinski definition) is 5. The Morgan fingerprint density at radius 2 is 2.11 bits per heavy atom. The van der Waals surface area contributed by atoms with Crippen molar-refractivity contribution in [2.75, 3.05) is 11.9 Å². The topological polar surface area (TPSA) is 96.4 Å². The van der Waals surface area contributed by atoms with Crippen LogP contribution in [0, 0.1) is 18.3 Å². The van der Waals surface area contributed by atoms with Crippen molar-refractivity contribution in [1.29, 1.82) is 5.26 Å². The first kappa shape index (κ1) is 17.3. The molecule has 2 fully saturated rings. The summed E-state index contributed by atoms with van der Waals surface area (Å²) in [5.74, 6) is 0.792. The van der Waals surface area contributed by atoms with Crippen molar-refractivity contribution in [3.63, 3.8) is 0 Å². The van der Waals surface area contributed by atoms with Gasteiger partial charge < -0.3 is 10.3 Å². The monoisotopic (exact) mass is 375 g/mol. The van der Waals surface area contributed by atoms with Gasteiger partial charge in [0, 0.05) is 36.8 Å². The van der Waals surface area contributed by atoms with E-state index in [1.807, 2.05) is 13.0 Å². The first-order valence-corrected chi connectivity index (χ1v) is 10.1. The second-order valence-corrected chi connectivity index (χ2v) is 8.07. The van der Waals surface area contributed by atoms with Crippen LogP contribution in [0.5, 0.6) is 0 Å². The Hall–Kier alpha value is -2.85. The number of piperidine rings is 1. The standard InChI is InChI=1S/C21H25N7/c1-13-10-19(27-26-13)21-24-18-5-2-4-17(20(18)25-21)23-14-11-15-6-7-16(12-14)28(15)9-3-8-22/h2,4-5,10,14-16,23H,3,6-7,9,11-12H2,1H3,(H,24,25)(H,26,27)/t14?,15-,16+. The molecule has 2 bridgehead atoms. The Labute approximate surface area is 164 Å². The fourth-order valence-electron chi connectivity index (χ4n) is 4.97. The summed E-state index contributed by atoms with van der Waals surface area (Å²) in [6.07, 6.45) is 5.41. The van der Waals surface area contributed by atoms with Gasteiger partial charge in [-0.3, -0.25) is 10.00 Å². The van der Waals surface area contributed by atoms with Crippen molar-refractivity contribution < 1.29 is 0 Å². The molecule has 0 radical (unpaired) electrons. The van der Waals surface area contributed by atoms with Crippen molar-refractivity contribution in [3.05, 3.63) is 30.0 Å². The number of aromatic nitrogens is 4. The predicted molar refractivity (Wildman–Crippen MR) is 109 cm³/mol. The maximum atomic E-state index is 8.92. The molecule has 144 valence electrons. The van der Waals surface area contributed by atoms with Crippen molar-refractivity contribution in [2.24, 2.45) is 0 Å². The molecular formula is C21H25N7. The third kappa shape index (κ3) is 3.04. The van der Waals surface area contributed by atoms with Gasteiger partial charge in [0.2, 0.25) is 0 Å². The Balaban J connectivity index is 1.36. The Kier molecular flexibility index (Phi) is 4.29. The van der Waals surface area contributed by atoms with Crippen LogP contribution in [0.2, 0.25) is 0 Å². The van der Waals surface area contributed by atoms with Crippen LogP contribution in [0.1, 0.15) is 37.8 Å². The Morgan fingerprint density at radius 3 is 2.82 bits per heavy atom. The van der Waals surface area contributed by atoms with E-state index in [4.69, 9.17) is 10.2 Å². The van der Waals surface area contributed by atoms with Crippen molar-refractivity contribution in [2.45, 2.75) is 57.2 Å². The molecule has 2 aliphatic heterocycles. The lowest BCUT2D eigenvalue weighted by Crippen LogP contribution is -2.47. The molecule has 0 aliphatic carbocycles. The van der Waals surface area contributed by atoms with E-state index in [1.54, 1.807) is 0 Å². The van der Waals surface area contributed by atoms with Gasteiger partial charge in [-0.1, -0.05) is 6.07 Å². The number of aromatic amines is 2. The van der Waals surface area contributed by atoms with Gasteiger partial charge in [0.1, 0.15) is 11.2 Å². The minimum absolute atomic E-state index is 0.453. The molecule has 2 aliphatic rings. The second-order valence-electron chi connectivity index (χ2n) is 8.07. The number of benzene rings is 1. The lowest BCUT2D eigenvalue weighted by molar-refractivity contribution is 0.136. The van der Waals surface area contributed by atoms with Gasteiger partial charge in [-0.15, -0.1) is 0 Å². The summed E-state index contributed by atoms with van der Waals surface area (Å²) in [4.78, 5) is 10.8. The molecule has 0 spiro atoms. The number of H-pyrrole nitrogens is 2. The highest BCUT2D eigenvalue weighted by Crippen LogP contribution is 2.37. The van der Waals surface area contributed by atoms with Crippen LogP contribution in [-0.2, 0) is 0 Å².